The molecule has 3 aromatic rings. The summed E-state index contributed by atoms with van der Waals surface area (Å²) in [4.78, 5) is 25.2. The molecule has 1 aliphatic heterocycles. The van der Waals surface area contributed by atoms with Gasteiger partial charge in [0.25, 0.3) is 10.9 Å². The minimum absolute atomic E-state index is 0.0216. The van der Waals surface area contributed by atoms with Crippen molar-refractivity contribution in [1.82, 2.24) is 4.90 Å². The summed E-state index contributed by atoms with van der Waals surface area (Å²) in [5.41, 5.74) is 8.47. The number of halogens is 2. The summed E-state index contributed by atoms with van der Waals surface area (Å²) in [5.74, 6) is 0.0850. The number of rotatable bonds is 3. The molecule has 4 rings (SSSR count). The van der Waals surface area contributed by atoms with Crippen molar-refractivity contribution in [2.75, 3.05) is 24.6 Å². The third-order valence-electron chi connectivity index (χ3n) is 5.00. The van der Waals surface area contributed by atoms with Crippen molar-refractivity contribution in [3.63, 3.8) is 0 Å². The van der Waals surface area contributed by atoms with Crippen molar-refractivity contribution in [2.45, 2.75) is 12.5 Å². The lowest BCUT2D eigenvalue weighted by Crippen LogP contribution is -2.36. The fourth-order valence-corrected chi connectivity index (χ4v) is 4.21. The van der Waals surface area contributed by atoms with Crippen LogP contribution in [0.3, 0.4) is 0 Å². The Labute approximate surface area is 166 Å². The molecule has 0 aromatic heterocycles. The van der Waals surface area contributed by atoms with Gasteiger partial charge in [0.2, 0.25) is 0 Å². The van der Waals surface area contributed by atoms with Crippen molar-refractivity contribution in [3.8, 4) is 0 Å². The van der Waals surface area contributed by atoms with E-state index in [2.05, 4.69) is 10.2 Å². The van der Waals surface area contributed by atoms with Crippen molar-refractivity contribution in [3.05, 3.63) is 83.6 Å². The second-order valence-electron chi connectivity index (χ2n) is 6.90. The van der Waals surface area contributed by atoms with Crippen LogP contribution in [-0.2, 0) is 6.54 Å². The predicted molar refractivity (Wildman–Crippen MR) is 110 cm³/mol. The van der Waals surface area contributed by atoms with Crippen LogP contribution in [0.4, 0.5) is 17.1 Å². The van der Waals surface area contributed by atoms with Crippen LogP contribution < -0.4 is 21.9 Å². The first-order valence-electron chi connectivity index (χ1n) is 8.47. The lowest BCUT2D eigenvalue weighted by atomic mass is 9.84. The average Bonchev–Trinajstić information content (AvgIpc) is 2.65. The van der Waals surface area contributed by atoms with E-state index in [9.17, 15) is 9.59 Å². The maximum atomic E-state index is 11.7. The Hall–Kier alpha value is -2.34. The van der Waals surface area contributed by atoms with Crippen molar-refractivity contribution >= 4 is 40.3 Å². The lowest BCUT2D eigenvalue weighted by Gasteiger charge is -2.33. The standard InChI is InChI=1S/C20H17Cl2N3O2/c1-25-8-14(13-6-11(21)7-16(22)15(13)9-25)10-3-2-4-12(5-10)24-18-17(23)19(26)20(18)27/h2-7,14,24H,8-9,23H2,1H3. The first kappa shape index (κ1) is 18.0. The smallest absolute Gasteiger partial charge is 0.253 e. The van der Waals surface area contributed by atoms with Gasteiger partial charge in [-0.2, -0.15) is 0 Å². The molecule has 0 fully saturated rings. The summed E-state index contributed by atoms with van der Waals surface area (Å²) in [6.07, 6.45) is 0. The number of hydrogen-bond donors (Lipinski definition) is 2. The number of anilines is 3. The second kappa shape index (κ2) is 6.68. The second-order valence-corrected chi connectivity index (χ2v) is 7.75. The van der Waals surface area contributed by atoms with Crippen LogP contribution in [0.2, 0.25) is 10.0 Å². The number of hydrogen-bond acceptors (Lipinski definition) is 5. The van der Waals surface area contributed by atoms with Gasteiger partial charge in [0, 0.05) is 34.7 Å². The van der Waals surface area contributed by atoms with Gasteiger partial charge in [0.15, 0.2) is 0 Å². The molecule has 0 saturated carbocycles. The highest BCUT2D eigenvalue weighted by Crippen LogP contribution is 2.39. The van der Waals surface area contributed by atoms with Crippen molar-refractivity contribution < 1.29 is 0 Å². The van der Waals surface area contributed by atoms with E-state index >= 15 is 0 Å². The zero-order valence-corrected chi connectivity index (χ0v) is 16.1. The number of fused-ring (bicyclic) bond motifs is 1. The van der Waals surface area contributed by atoms with Gasteiger partial charge < -0.3 is 16.0 Å². The molecule has 1 unspecified atom stereocenters. The molecular formula is C20H17Cl2N3O2. The largest absolute Gasteiger partial charge is 0.394 e. The van der Waals surface area contributed by atoms with Gasteiger partial charge in [-0.1, -0.05) is 35.3 Å². The highest BCUT2D eigenvalue weighted by atomic mass is 35.5. The summed E-state index contributed by atoms with van der Waals surface area (Å²) in [7, 11) is 2.05. The van der Waals surface area contributed by atoms with E-state index in [0.717, 1.165) is 29.8 Å². The fraction of sp³-hybridized carbons (Fsp3) is 0.200. The number of nitrogens with zero attached hydrogens (tertiary/aromatic N) is 1. The molecule has 27 heavy (non-hydrogen) atoms. The first-order chi connectivity index (χ1) is 12.8. The molecule has 138 valence electrons. The third kappa shape index (κ3) is 3.12. The number of nitrogen functional groups attached to an aromatic ring is 1. The van der Waals surface area contributed by atoms with Crippen LogP contribution in [0.5, 0.6) is 0 Å². The van der Waals surface area contributed by atoms with Gasteiger partial charge >= 0.3 is 0 Å². The number of nitrogens with two attached hydrogens (primary N) is 1. The summed E-state index contributed by atoms with van der Waals surface area (Å²) in [6, 6.07) is 11.5. The molecule has 1 atom stereocenters. The summed E-state index contributed by atoms with van der Waals surface area (Å²) in [5, 5.41) is 4.24. The van der Waals surface area contributed by atoms with Gasteiger partial charge in [0.1, 0.15) is 11.4 Å². The Balaban J connectivity index is 1.73. The molecular weight excluding hydrogens is 385 g/mol. The van der Waals surface area contributed by atoms with Crippen LogP contribution in [0, 0.1) is 0 Å². The Morgan fingerprint density at radius 2 is 1.93 bits per heavy atom. The summed E-state index contributed by atoms with van der Waals surface area (Å²) >= 11 is 12.7. The molecule has 5 nitrogen and oxygen atoms in total. The molecule has 1 aliphatic rings. The maximum absolute atomic E-state index is 11.7. The van der Waals surface area contributed by atoms with Crippen molar-refractivity contribution in [2.24, 2.45) is 0 Å². The predicted octanol–water partition coefficient (Wildman–Crippen LogP) is 3.49. The molecule has 1 heterocycles. The quantitative estimate of drug-likeness (QED) is 0.656. The van der Waals surface area contributed by atoms with Crippen LogP contribution in [0.1, 0.15) is 22.6 Å². The minimum Gasteiger partial charge on any atom is -0.394 e. The monoisotopic (exact) mass is 401 g/mol. The Morgan fingerprint density at radius 1 is 1.15 bits per heavy atom. The molecule has 0 spiro atoms. The number of nitrogens with one attached hydrogen (secondary N) is 1. The lowest BCUT2D eigenvalue weighted by molar-refractivity contribution is 0.295. The van der Waals surface area contributed by atoms with Crippen LogP contribution in [-0.4, -0.2) is 18.5 Å². The van der Waals surface area contributed by atoms with E-state index in [-0.39, 0.29) is 17.3 Å². The van der Waals surface area contributed by atoms with Crippen LogP contribution in [0.15, 0.2) is 46.0 Å². The van der Waals surface area contributed by atoms with E-state index in [4.69, 9.17) is 28.9 Å². The Kier molecular flexibility index (Phi) is 4.46. The zero-order chi connectivity index (χ0) is 19.3. The van der Waals surface area contributed by atoms with E-state index in [1.54, 1.807) is 6.07 Å². The van der Waals surface area contributed by atoms with E-state index in [1.165, 1.54) is 0 Å². The summed E-state index contributed by atoms with van der Waals surface area (Å²) in [6.45, 7) is 1.58. The highest BCUT2D eigenvalue weighted by Gasteiger charge is 2.27. The Bertz CT molecular complexity index is 1120. The van der Waals surface area contributed by atoms with Gasteiger partial charge in [-0.15, -0.1) is 0 Å². The van der Waals surface area contributed by atoms with Crippen molar-refractivity contribution in [1.29, 1.82) is 0 Å². The molecule has 0 amide bonds. The minimum atomic E-state index is -0.638. The van der Waals surface area contributed by atoms with Gasteiger partial charge in [-0.3, -0.25) is 9.59 Å². The molecule has 3 aromatic carbocycles. The zero-order valence-electron chi connectivity index (χ0n) is 14.6. The third-order valence-corrected chi connectivity index (χ3v) is 5.55. The molecule has 0 saturated heterocycles. The normalized spacial score (nSPS) is 17.1. The highest BCUT2D eigenvalue weighted by molar-refractivity contribution is 6.35. The Morgan fingerprint density at radius 3 is 2.67 bits per heavy atom. The van der Waals surface area contributed by atoms with Gasteiger partial charge in [-0.05, 0) is 48.0 Å². The van der Waals surface area contributed by atoms with Crippen LogP contribution >= 0.6 is 23.2 Å². The van der Waals surface area contributed by atoms with Gasteiger partial charge in [-0.25, -0.2) is 0 Å². The van der Waals surface area contributed by atoms with E-state index < -0.39 is 10.9 Å². The summed E-state index contributed by atoms with van der Waals surface area (Å²) < 4.78 is 0. The molecule has 3 N–H and O–H groups in total. The molecule has 0 aliphatic carbocycles. The van der Waals surface area contributed by atoms with E-state index in [1.807, 2.05) is 37.4 Å². The fourth-order valence-electron chi connectivity index (χ4n) is 3.64. The number of likely N-dealkylation sites (N-methyl/N-ethyl adjacent to an activating group) is 1. The number of benzene rings is 2. The topological polar surface area (TPSA) is 75.4 Å². The average molecular weight is 402 g/mol. The van der Waals surface area contributed by atoms with E-state index in [0.29, 0.717) is 15.7 Å². The molecule has 0 radical (unpaired) electrons. The first-order valence-corrected chi connectivity index (χ1v) is 9.23. The molecule has 7 heteroatoms. The van der Waals surface area contributed by atoms with Crippen LogP contribution in [0.25, 0.3) is 0 Å². The molecule has 0 bridgehead atoms. The SMILES string of the molecule is CN1Cc2c(Cl)cc(Cl)cc2C(c2cccc(Nc3c(N)c(=O)c3=O)c2)C1. The van der Waals surface area contributed by atoms with Gasteiger partial charge in [0.05, 0.1) is 0 Å². The maximum Gasteiger partial charge on any atom is 0.253 e.